The molecule has 1 fully saturated rings. The number of aromatic nitrogens is 1. The summed E-state index contributed by atoms with van der Waals surface area (Å²) in [4.78, 5) is 29.4. The molecule has 24 heavy (non-hydrogen) atoms. The standard InChI is InChI=1S/C17H17ClN2O3S/c18-13-4-2-1-3-12(13)9-15(21)20-7-5-11(6-8-20)16-19-14(10-24-16)17(22)23/h1-4,10-11H,5-9H2,(H,22,23). The Kier molecular flexibility index (Phi) is 5.16. The van der Waals surface area contributed by atoms with E-state index in [-0.39, 0.29) is 17.5 Å². The van der Waals surface area contributed by atoms with Gasteiger partial charge in [0, 0.05) is 29.4 Å². The van der Waals surface area contributed by atoms with Gasteiger partial charge in [-0.25, -0.2) is 9.78 Å². The molecule has 2 heterocycles. The zero-order chi connectivity index (χ0) is 17.1. The summed E-state index contributed by atoms with van der Waals surface area (Å²) in [6.45, 7) is 1.33. The third-order valence-electron chi connectivity index (χ3n) is 4.24. The van der Waals surface area contributed by atoms with Crippen LogP contribution in [-0.2, 0) is 11.2 Å². The Balaban J connectivity index is 1.57. The fourth-order valence-electron chi connectivity index (χ4n) is 2.87. The van der Waals surface area contributed by atoms with Crippen molar-refractivity contribution < 1.29 is 14.7 Å². The van der Waals surface area contributed by atoms with E-state index in [0.717, 1.165) is 23.4 Å². The average Bonchev–Trinajstić information content (AvgIpc) is 3.07. The van der Waals surface area contributed by atoms with Crippen LogP contribution in [0.1, 0.15) is 39.8 Å². The SMILES string of the molecule is O=C(O)c1csc(C2CCN(C(=O)Cc3ccccc3Cl)CC2)n1. The number of likely N-dealkylation sites (tertiary alicyclic amines) is 1. The van der Waals surface area contributed by atoms with Gasteiger partial charge in [-0.05, 0) is 24.5 Å². The van der Waals surface area contributed by atoms with Crippen molar-refractivity contribution in [3.05, 3.63) is 50.9 Å². The number of piperidine rings is 1. The molecule has 1 aromatic heterocycles. The summed E-state index contributed by atoms with van der Waals surface area (Å²) in [6, 6.07) is 7.39. The molecule has 0 unspecified atom stereocenters. The average molecular weight is 365 g/mol. The number of rotatable bonds is 4. The number of aromatic carboxylic acids is 1. The normalized spacial score (nSPS) is 15.5. The highest BCUT2D eigenvalue weighted by atomic mass is 35.5. The van der Waals surface area contributed by atoms with E-state index >= 15 is 0 Å². The summed E-state index contributed by atoms with van der Waals surface area (Å²) in [5.74, 6) is -0.691. The maximum Gasteiger partial charge on any atom is 0.355 e. The van der Waals surface area contributed by atoms with Gasteiger partial charge in [0.25, 0.3) is 0 Å². The molecule has 0 saturated carbocycles. The predicted octanol–water partition coefficient (Wildman–Crippen LogP) is 3.44. The highest BCUT2D eigenvalue weighted by molar-refractivity contribution is 7.09. The van der Waals surface area contributed by atoms with Crippen molar-refractivity contribution in [2.75, 3.05) is 13.1 Å². The van der Waals surface area contributed by atoms with E-state index in [2.05, 4.69) is 4.98 Å². The Hall–Kier alpha value is -1.92. The molecule has 0 spiro atoms. The summed E-state index contributed by atoms with van der Waals surface area (Å²) in [7, 11) is 0. The highest BCUT2D eigenvalue weighted by Crippen LogP contribution is 2.30. The van der Waals surface area contributed by atoms with Crippen LogP contribution in [0.15, 0.2) is 29.6 Å². The molecule has 5 nitrogen and oxygen atoms in total. The Morgan fingerprint density at radius 3 is 2.62 bits per heavy atom. The van der Waals surface area contributed by atoms with Crippen LogP contribution in [0.25, 0.3) is 0 Å². The molecule has 0 bridgehead atoms. The van der Waals surface area contributed by atoms with Crippen molar-refractivity contribution in [1.82, 2.24) is 9.88 Å². The molecule has 126 valence electrons. The van der Waals surface area contributed by atoms with E-state index in [1.54, 1.807) is 11.4 Å². The van der Waals surface area contributed by atoms with Gasteiger partial charge >= 0.3 is 5.97 Å². The zero-order valence-electron chi connectivity index (χ0n) is 12.9. The van der Waals surface area contributed by atoms with E-state index in [0.29, 0.717) is 24.5 Å². The number of halogens is 1. The van der Waals surface area contributed by atoms with Gasteiger partial charge in [-0.2, -0.15) is 0 Å². The Morgan fingerprint density at radius 1 is 1.29 bits per heavy atom. The second-order valence-electron chi connectivity index (χ2n) is 5.80. The summed E-state index contributed by atoms with van der Waals surface area (Å²) < 4.78 is 0. The minimum Gasteiger partial charge on any atom is -0.476 e. The molecular formula is C17H17ClN2O3S. The molecule has 7 heteroatoms. The first-order valence-corrected chi connectivity index (χ1v) is 9.00. The lowest BCUT2D eigenvalue weighted by molar-refractivity contribution is -0.131. The van der Waals surface area contributed by atoms with Gasteiger partial charge in [0.2, 0.25) is 5.91 Å². The zero-order valence-corrected chi connectivity index (χ0v) is 14.5. The van der Waals surface area contributed by atoms with Crippen molar-refractivity contribution in [3.8, 4) is 0 Å². The van der Waals surface area contributed by atoms with Crippen molar-refractivity contribution >= 4 is 34.8 Å². The Bertz CT molecular complexity index is 754. The molecule has 1 aromatic carbocycles. The highest BCUT2D eigenvalue weighted by Gasteiger charge is 2.26. The smallest absolute Gasteiger partial charge is 0.355 e. The second-order valence-corrected chi connectivity index (χ2v) is 7.10. The number of nitrogens with zero attached hydrogens (tertiary/aromatic N) is 2. The molecule has 0 radical (unpaired) electrons. The first-order valence-electron chi connectivity index (χ1n) is 7.74. The molecule has 0 atom stereocenters. The van der Waals surface area contributed by atoms with Crippen LogP contribution in [0.2, 0.25) is 5.02 Å². The van der Waals surface area contributed by atoms with Crippen molar-refractivity contribution in [2.45, 2.75) is 25.2 Å². The molecule has 1 saturated heterocycles. The fourth-order valence-corrected chi connectivity index (χ4v) is 4.03. The van der Waals surface area contributed by atoms with Crippen LogP contribution in [0.3, 0.4) is 0 Å². The third-order valence-corrected chi connectivity index (χ3v) is 5.61. The quantitative estimate of drug-likeness (QED) is 0.902. The Labute approximate surface area is 148 Å². The van der Waals surface area contributed by atoms with Gasteiger partial charge in [0.1, 0.15) is 0 Å². The monoisotopic (exact) mass is 364 g/mol. The van der Waals surface area contributed by atoms with Gasteiger partial charge in [-0.1, -0.05) is 29.8 Å². The van der Waals surface area contributed by atoms with Crippen LogP contribution in [0, 0.1) is 0 Å². The summed E-state index contributed by atoms with van der Waals surface area (Å²) in [5.41, 5.74) is 0.949. The topological polar surface area (TPSA) is 70.5 Å². The van der Waals surface area contributed by atoms with Gasteiger partial charge in [-0.3, -0.25) is 4.79 Å². The van der Waals surface area contributed by atoms with Crippen LogP contribution in [-0.4, -0.2) is 40.0 Å². The molecule has 2 aromatic rings. The third kappa shape index (κ3) is 3.76. The van der Waals surface area contributed by atoms with Gasteiger partial charge in [-0.15, -0.1) is 11.3 Å². The number of carbonyl (C=O) groups excluding carboxylic acids is 1. The minimum absolute atomic E-state index is 0.0758. The lowest BCUT2D eigenvalue weighted by Gasteiger charge is -2.31. The van der Waals surface area contributed by atoms with Crippen molar-refractivity contribution in [3.63, 3.8) is 0 Å². The number of carboxylic acid groups (broad SMARTS) is 1. The second kappa shape index (κ2) is 7.32. The molecular weight excluding hydrogens is 348 g/mol. The van der Waals surface area contributed by atoms with E-state index in [9.17, 15) is 9.59 Å². The number of hydrogen-bond donors (Lipinski definition) is 1. The Morgan fingerprint density at radius 2 is 2.00 bits per heavy atom. The van der Waals surface area contributed by atoms with E-state index in [1.807, 2.05) is 23.1 Å². The summed E-state index contributed by atoms with van der Waals surface area (Å²) in [6.07, 6.45) is 1.92. The van der Waals surface area contributed by atoms with E-state index in [4.69, 9.17) is 16.7 Å². The molecule has 1 aliphatic heterocycles. The molecule has 1 N–H and O–H groups in total. The van der Waals surface area contributed by atoms with Crippen molar-refractivity contribution in [2.24, 2.45) is 0 Å². The number of benzene rings is 1. The molecule has 1 aliphatic rings. The van der Waals surface area contributed by atoms with Crippen LogP contribution in [0.4, 0.5) is 0 Å². The maximum absolute atomic E-state index is 12.4. The van der Waals surface area contributed by atoms with Gasteiger partial charge < -0.3 is 10.0 Å². The van der Waals surface area contributed by atoms with Crippen LogP contribution in [0.5, 0.6) is 0 Å². The molecule has 1 amide bonds. The minimum atomic E-state index is -0.996. The lowest BCUT2D eigenvalue weighted by Crippen LogP contribution is -2.38. The molecule has 3 rings (SSSR count). The van der Waals surface area contributed by atoms with Gasteiger partial charge in [0.05, 0.1) is 11.4 Å². The fraction of sp³-hybridized carbons (Fsp3) is 0.353. The number of carboxylic acids is 1. The summed E-state index contributed by atoms with van der Waals surface area (Å²) >= 11 is 7.50. The number of hydrogen-bond acceptors (Lipinski definition) is 4. The number of carbonyl (C=O) groups is 2. The largest absolute Gasteiger partial charge is 0.476 e. The van der Waals surface area contributed by atoms with Crippen molar-refractivity contribution in [1.29, 1.82) is 0 Å². The first-order chi connectivity index (χ1) is 11.5. The predicted molar refractivity (Wildman–Crippen MR) is 92.8 cm³/mol. The number of thiazole rings is 1. The van der Waals surface area contributed by atoms with E-state index in [1.165, 1.54) is 11.3 Å². The molecule has 0 aliphatic carbocycles. The first kappa shape index (κ1) is 16.9. The van der Waals surface area contributed by atoms with Crippen LogP contribution >= 0.6 is 22.9 Å². The maximum atomic E-state index is 12.4. The van der Waals surface area contributed by atoms with E-state index < -0.39 is 5.97 Å². The summed E-state index contributed by atoms with van der Waals surface area (Å²) in [5, 5.41) is 12.0. The van der Waals surface area contributed by atoms with Crippen LogP contribution < -0.4 is 0 Å². The lowest BCUT2D eigenvalue weighted by atomic mass is 9.97. The van der Waals surface area contributed by atoms with Gasteiger partial charge in [0.15, 0.2) is 5.69 Å². The number of amides is 1.